The van der Waals surface area contributed by atoms with Crippen LogP contribution in [0.5, 0.6) is 0 Å². The summed E-state index contributed by atoms with van der Waals surface area (Å²) in [6.45, 7) is 3.54. The van der Waals surface area contributed by atoms with Crippen LogP contribution in [0.3, 0.4) is 0 Å². The molecule has 0 radical (unpaired) electrons. The van der Waals surface area contributed by atoms with Gasteiger partial charge in [-0.1, -0.05) is 134 Å². The van der Waals surface area contributed by atoms with Crippen LogP contribution in [0.25, 0.3) is 0 Å². The number of amides is 2. The van der Waals surface area contributed by atoms with Gasteiger partial charge in [-0.15, -0.1) is 0 Å². The highest BCUT2D eigenvalue weighted by atomic mass is 16.3. The van der Waals surface area contributed by atoms with E-state index in [2.05, 4.69) is 10.6 Å². The van der Waals surface area contributed by atoms with Crippen LogP contribution in [0.4, 0.5) is 0 Å². The van der Waals surface area contributed by atoms with Crippen molar-refractivity contribution in [3.05, 3.63) is 144 Å². The molecule has 1 aliphatic rings. The Balaban J connectivity index is 1.44. The molecule has 4 aromatic carbocycles. The van der Waals surface area contributed by atoms with Gasteiger partial charge in [-0.05, 0) is 48.9 Å². The van der Waals surface area contributed by atoms with Crippen LogP contribution in [-0.2, 0) is 20.8 Å². The maximum Gasteiger partial charge on any atom is 0.236 e. The third-order valence-electron chi connectivity index (χ3n) is 9.13. The minimum atomic E-state index is -1.53. The van der Waals surface area contributed by atoms with E-state index in [1.165, 1.54) is 0 Å². The van der Waals surface area contributed by atoms with E-state index in [0.717, 1.165) is 12.8 Å². The van der Waals surface area contributed by atoms with Gasteiger partial charge in [0.05, 0.1) is 12.1 Å². The van der Waals surface area contributed by atoms with Crippen molar-refractivity contribution < 1.29 is 19.8 Å². The Labute approximate surface area is 253 Å². The second-order valence-electron chi connectivity index (χ2n) is 11.7. The van der Waals surface area contributed by atoms with Gasteiger partial charge >= 0.3 is 0 Å². The summed E-state index contributed by atoms with van der Waals surface area (Å²) in [5.74, 6) is -0.842. The van der Waals surface area contributed by atoms with E-state index in [4.69, 9.17) is 0 Å². The fraction of sp³-hybridized carbons (Fsp3) is 0.297. The fourth-order valence-electron chi connectivity index (χ4n) is 6.52. The molecule has 0 aromatic heterocycles. The van der Waals surface area contributed by atoms with Crippen molar-refractivity contribution in [2.24, 2.45) is 5.41 Å². The number of carbonyl (C=O) groups excluding carboxylic acids is 2. The molecule has 1 aliphatic carbocycles. The molecule has 2 amide bonds. The summed E-state index contributed by atoms with van der Waals surface area (Å²) in [5, 5.41) is 30.5. The minimum Gasteiger partial charge on any atom is -0.378 e. The van der Waals surface area contributed by atoms with Crippen LogP contribution in [0, 0.1) is 5.41 Å². The van der Waals surface area contributed by atoms with Crippen molar-refractivity contribution >= 4 is 11.8 Å². The zero-order valence-corrected chi connectivity index (χ0v) is 24.7. The molecule has 4 N–H and O–H groups in total. The molecule has 4 aromatic rings. The molecule has 1 saturated carbocycles. The Morgan fingerprint density at radius 3 is 1.07 bits per heavy atom. The highest BCUT2D eigenvalue weighted by Crippen LogP contribution is 2.41. The number of aliphatic hydroxyl groups is 2. The summed E-state index contributed by atoms with van der Waals surface area (Å²) in [5.41, 5.74) is -1.81. The average molecular weight is 577 g/mol. The average Bonchev–Trinajstić information content (AvgIpc) is 3.57. The molecule has 0 bridgehead atoms. The van der Waals surface area contributed by atoms with Crippen LogP contribution in [0.1, 0.15) is 61.8 Å². The van der Waals surface area contributed by atoms with Crippen molar-refractivity contribution in [3.63, 3.8) is 0 Å². The summed E-state index contributed by atoms with van der Waals surface area (Å²) >= 11 is 0. The van der Waals surface area contributed by atoms with Crippen LogP contribution >= 0.6 is 0 Å². The molecule has 0 saturated heterocycles. The van der Waals surface area contributed by atoms with Crippen LogP contribution < -0.4 is 10.6 Å². The lowest BCUT2D eigenvalue weighted by Gasteiger charge is -2.39. The highest BCUT2D eigenvalue weighted by Gasteiger charge is 2.51. The van der Waals surface area contributed by atoms with Gasteiger partial charge in [-0.2, -0.15) is 0 Å². The summed E-state index contributed by atoms with van der Waals surface area (Å²) in [4.78, 5) is 28.3. The number of nitrogens with one attached hydrogen (secondary N) is 2. The normalized spacial score (nSPS) is 16.2. The van der Waals surface area contributed by atoms with Crippen molar-refractivity contribution in [3.8, 4) is 0 Å². The lowest BCUT2D eigenvalue weighted by Crippen LogP contribution is -2.59. The smallest absolute Gasteiger partial charge is 0.236 e. The zero-order valence-electron chi connectivity index (χ0n) is 24.7. The standard InChI is InChI=1S/C37H40N2O4/c1-27(36(42,29-17-7-3-8-18-29)30-19-9-4-10-20-30)38-33(40)35(25-15-16-26-35)34(41)39-28(2)37(43,31-21-11-5-12-22-31)32-23-13-6-14-24-32/h3-14,17-24,27-28,42-43H,15-16,25-26H2,1-2H3,(H,38,40)(H,39,41)/t27-,28-/m1/s1. The molecule has 6 heteroatoms. The first-order valence-corrected chi connectivity index (χ1v) is 15.0. The van der Waals surface area contributed by atoms with E-state index in [1.807, 2.05) is 121 Å². The van der Waals surface area contributed by atoms with E-state index >= 15 is 0 Å². The van der Waals surface area contributed by atoms with E-state index in [0.29, 0.717) is 35.1 Å². The zero-order chi connectivity index (χ0) is 30.5. The first kappa shape index (κ1) is 30.2. The molecular weight excluding hydrogens is 536 g/mol. The first-order valence-electron chi connectivity index (χ1n) is 15.0. The molecule has 2 atom stereocenters. The maximum absolute atomic E-state index is 14.2. The second-order valence-corrected chi connectivity index (χ2v) is 11.7. The second kappa shape index (κ2) is 12.5. The summed E-state index contributed by atoms with van der Waals surface area (Å²) < 4.78 is 0. The Morgan fingerprint density at radius 1 is 0.558 bits per heavy atom. The number of hydrogen-bond acceptors (Lipinski definition) is 4. The monoisotopic (exact) mass is 576 g/mol. The fourth-order valence-corrected chi connectivity index (χ4v) is 6.52. The summed E-state index contributed by atoms with van der Waals surface area (Å²) in [7, 11) is 0. The number of rotatable bonds is 10. The van der Waals surface area contributed by atoms with Crippen LogP contribution in [-0.4, -0.2) is 34.1 Å². The quantitative estimate of drug-likeness (QED) is 0.189. The van der Waals surface area contributed by atoms with Gasteiger partial charge in [-0.3, -0.25) is 9.59 Å². The van der Waals surface area contributed by atoms with Crippen LogP contribution in [0.15, 0.2) is 121 Å². The number of hydrogen-bond donors (Lipinski definition) is 4. The van der Waals surface area contributed by atoms with Gasteiger partial charge < -0.3 is 20.8 Å². The lowest BCUT2D eigenvalue weighted by molar-refractivity contribution is -0.146. The lowest BCUT2D eigenvalue weighted by atomic mass is 9.78. The van der Waals surface area contributed by atoms with Crippen molar-refractivity contribution in [2.75, 3.05) is 0 Å². The minimum absolute atomic E-state index is 0.383. The van der Waals surface area contributed by atoms with Gasteiger partial charge in [0.15, 0.2) is 0 Å². The van der Waals surface area contributed by atoms with Gasteiger partial charge in [0.25, 0.3) is 0 Å². The Morgan fingerprint density at radius 2 is 0.814 bits per heavy atom. The van der Waals surface area contributed by atoms with Gasteiger partial charge in [0.1, 0.15) is 16.6 Å². The van der Waals surface area contributed by atoms with Crippen molar-refractivity contribution in [1.82, 2.24) is 10.6 Å². The van der Waals surface area contributed by atoms with E-state index in [-0.39, 0.29) is 0 Å². The third-order valence-corrected chi connectivity index (χ3v) is 9.13. The maximum atomic E-state index is 14.2. The van der Waals surface area contributed by atoms with E-state index in [9.17, 15) is 19.8 Å². The number of carbonyl (C=O) groups is 2. The SMILES string of the molecule is C[C@@H](NC(=O)C1(C(=O)N[C@H](C)C(O)(c2ccccc2)c2ccccc2)CCCC1)C(O)(c1ccccc1)c1ccccc1. The van der Waals surface area contributed by atoms with E-state index < -0.39 is 40.5 Å². The predicted molar refractivity (Wildman–Crippen MR) is 168 cm³/mol. The van der Waals surface area contributed by atoms with Gasteiger partial charge in [0.2, 0.25) is 11.8 Å². The summed E-state index contributed by atoms with van der Waals surface area (Å²) in [6.07, 6.45) is 2.22. The highest BCUT2D eigenvalue weighted by molar-refractivity contribution is 6.05. The molecule has 0 unspecified atom stereocenters. The van der Waals surface area contributed by atoms with Gasteiger partial charge in [-0.25, -0.2) is 0 Å². The molecule has 5 rings (SSSR count). The topological polar surface area (TPSA) is 98.7 Å². The number of benzene rings is 4. The Bertz CT molecular complexity index is 1310. The van der Waals surface area contributed by atoms with Gasteiger partial charge in [0, 0.05) is 0 Å². The molecule has 43 heavy (non-hydrogen) atoms. The van der Waals surface area contributed by atoms with Crippen molar-refractivity contribution in [1.29, 1.82) is 0 Å². The largest absolute Gasteiger partial charge is 0.378 e. The van der Waals surface area contributed by atoms with Crippen LogP contribution in [0.2, 0.25) is 0 Å². The molecule has 6 nitrogen and oxygen atoms in total. The Kier molecular flexibility index (Phi) is 8.81. The molecule has 0 aliphatic heterocycles. The first-order chi connectivity index (χ1) is 20.7. The van der Waals surface area contributed by atoms with Crippen molar-refractivity contribution in [2.45, 2.75) is 62.8 Å². The van der Waals surface area contributed by atoms with E-state index in [1.54, 1.807) is 13.8 Å². The molecule has 0 heterocycles. The molecule has 0 spiro atoms. The molecule has 1 fully saturated rings. The predicted octanol–water partition coefficient (Wildman–Crippen LogP) is 5.43. The molecular formula is C37H40N2O4. The third kappa shape index (κ3) is 5.61. The summed E-state index contributed by atoms with van der Waals surface area (Å²) in [6, 6.07) is 35.5. The Hall–Kier alpha value is -4.26. The molecule has 222 valence electrons.